The highest BCUT2D eigenvalue weighted by Gasteiger charge is 2.22. The molecule has 0 spiro atoms. The van der Waals surface area contributed by atoms with Crippen molar-refractivity contribution in [2.75, 3.05) is 4.72 Å². The third-order valence-corrected chi connectivity index (χ3v) is 4.92. The standard InChI is InChI=1S/C14H15N5O2S/c1-9-14(10(2)18-17-9)22(20,21)19-12-5-3-11(4-6-12)13-7-15-8-16-13/h3-8,19H,1-2H3,(H,15,16)(H,17,18). The van der Waals surface area contributed by atoms with Gasteiger partial charge in [0.2, 0.25) is 0 Å². The molecule has 0 amide bonds. The fraction of sp³-hybridized carbons (Fsp3) is 0.143. The summed E-state index contributed by atoms with van der Waals surface area (Å²) in [5.74, 6) is 0. The van der Waals surface area contributed by atoms with Gasteiger partial charge in [-0.05, 0) is 31.5 Å². The molecule has 2 heterocycles. The first-order valence-corrected chi connectivity index (χ1v) is 8.09. The molecule has 22 heavy (non-hydrogen) atoms. The van der Waals surface area contributed by atoms with Crippen LogP contribution in [0.3, 0.4) is 0 Å². The maximum Gasteiger partial charge on any atom is 0.265 e. The molecule has 3 aromatic rings. The number of rotatable bonds is 4. The van der Waals surface area contributed by atoms with Gasteiger partial charge < -0.3 is 4.98 Å². The van der Waals surface area contributed by atoms with E-state index >= 15 is 0 Å². The van der Waals surface area contributed by atoms with Gasteiger partial charge >= 0.3 is 0 Å². The number of imidazole rings is 1. The number of hydrogen-bond donors (Lipinski definition) is 3. The minimum atomic E-state index is -3.66. The number of aromatic amines is 2. The fourth-order valence-electron chi connectivity index (χ4n) is 2.27. The molecule has 1 aromatic carbocycles. The van der Waals surface area contributed by atoms with E-state index in [4.69, 9.17) is 0 Å². The Morgan fingerprint density at radius 3 is 2.41 bits per heavy atom. The lowest BCUT2D eigenvalue weighted by Crippen LogP contribution is -2.14. The lowest BCUT2D eigenvalue weighted by molar-refractivity contribution is 0.600. The SMILES string of the molecule is Cc1n[nH]c(C)c1S(=O)(=O)Nc1ccc(-c2cnc[nH]2)cc1. The van der Waals surface area contributed by atoms with Crippen LogP contribution in [0.15, 0.2) is 41.7 Å². The normalized spacial score (nSPS) is 11.5. The van der Waals surface area contributed by atoms with Crippen molar-refractivity contribution in [1.82, 2.24) is 20.2 Å². The number of hydrogen-bond acceptors (Lipinski definition) is 4. The Bertz CT molecular complexity index is 860. The van der Waals surface area contributed by atoms with E-state index in [9.17, 15) is 8.42 Å². The van der Waals surface area contributed by atoms with Crippen molar-refractivity contribution in [3.8, 4) is 11.3 Å². The maximum absolute atomic E-state index is 12.4. The molecule has 3 rings (SSSR count). The smallest absolute Gasteiger partial charge is 0.265 e. The first-order valence-electron chi connectivity index (χ1n) is 6.60. The average Bonchev–Trinajstić information content (AvgIpc) is 3.09. The van der Waals surface area contributed by atoms with Crippen LogP contribution in [0.25, 0.3) is 11.3 Å². The van der Waals surface area contributed by atoms with Crippen LogP contribution in [0.5, 0.6) is 0 Å². The molecule has 0 saturated carbocycles. The molecule has 3 N–H and O–H groups in total. The van der Waals surface area contributed by atoms with Crippen molar-refractivity contribution < 1.29 is 8.42 Å². The van der Waals surface area contributed by atoms with Crippen LogP contribution >= 0.6 is 0 Å². The molecular weight excluding hydrogens is 302 g/mol. The maximum atomic E-state index is 12.4. The minimum absolute atomic E-state index is 0.185. The van der Waals surface area contributed by atoms with E-state index < -0.39 is 10.0 Å². The Labute approximate surface area is 127 Å². The second-order valence-electron chi connectivity index (χ2n) is 4.91. The summed E-state index contributed by atoms with van der Waals surface area (Å²) in [6.45, 7) is 3.33. The van der Waals surface area contributed by atoms with E-state index in [0.29, 0.717) is 17.1 Å². The highest BCUT2D eigenvalue weighted by molar-refractivity contribution is 7.92. The van der Waals surface area contributed by atoms with Crippen LogP contribution in [-0.4, -0.2) is 28.6 Å². The minimum Gasteiger partial charge on any atom is -0.345 e. The van der Waals surface area contributed by atoms with Crippen LogP contribution in [0, 0.1) is 13.8 Å². The predicted octanol–water partition coefficient (Wildman–Crippen LogP) is 2.22. The Hall–Kier alpha value is -2.61. The van der Waals surface area contributed by atoms with Gasteiger partial charge in [0.05, 0.1) is 29.6 Å². The zero-order valence-corrected chi connectivity index (χ0v) is 12.9. The number of benzene rings is 1. The van der Waals surface area contributed by atoms with E-state index in [2.05, 4.69) is 24.9 Å². The third kappa shape index (κ3) is 2.60. The second kappa shape index (κ2) is 5.30. The highest BCUT2D eigenvalue weighted by Crippen LogP contribution is 2.23. The number of anilines is 1. The van der Waals surface area contributed by atoms with E-state index in [1.165, 1.54) is 0 Å². The summed E-state index contributed by atoms with van der Waals surface area (Å²) in [5.41, 5.74) is 3.24. The molecule has 8 heteroatoms. The van der Waals surface area contributed by atoms with E-state index in [1.807, 2.05) is 12.1 Å². The van der Waals surface area contributed by atoms with Gasteiger partial charge in [0.1, 0.15) is 4.90 Å². The molecule has 0 radical (unpaired) electrons. The van der Waals surface area contributed by atoms with Crippen LogP contribution in [0.1, 0.15) is 11.4 Å². The summed E-state index contributed by atoms with van der Waals surface area (Å²) < 4.78 is 27.4. The number of nitrogens with zero attached hydrogens (tertiary/aromatic N) is 2. The molecule has 0 aliphatic carbocycles. The predicted molar refractivity (Wildman–Crippen MR) is 82.9 cm³/mol. The van der Waals surface area contributed by atoms with Crippen molar-refractivity contribution in [3.05, 3.63) is 48.2 Å². The van der Waals surface area contributed by atoms with Gasteiger partial charge in [-0.2, -0.15) is 5.10 Å². The molecule has 0 bridgehead atoms. The molecular formula is C14H15N5O2S. The first kappa shape index (κ1) is 14.3. The van der Waals surface area contributed by atoms with Crippen molar-refractivity contribution >= 4 is 15.7 Å². The Balaban J connectivity index is 1.87. The summed E-state index contributed by atoms with van der Waals surface area (Å²) in [6, 6.07) is 7.05. The van der Waals surface area contributed by atoms with Gasteiger partial charge in [0, 0.05) is 5.69 Å². The quantitative estimate of drug-likeness (QED) is 0.686. The molecule has 2 aromatic heterocycles. The first-order chi connectivity index (χ1) is 10.5. The highest BCUT2D eigenvalue weighted by atomic mass is 32.2. The summed E-state index contributed by atoms with van der Waals surface area (Å²) in [4.78, 5) is 7.14. The lowest BCUT2D eigenvalue weighted by atomic mass is 10.1. The summed E-state index contributed by atoms with van der Waals surface area (Å²) in [7, 11) is -3.66. The number of sulfonamides is 1. The molecule has 0 aliphatic rings. The molecule has 0 fully saturated rings. The lowest BCUT2D eigenvalue weighted by Gasteiger charge is -2.08. The Morgan fingerprint density at radius 2 is 1.86 bits per heavy atom. The summed E-state index contributed by atoms with van der Waals surface area (Å²) in [6.07, 6.45) is 3.30. The van der Waals surface area contributed by atoms with Crippen LogP contribution < -0.4 is 4.72 Å². The third-order valence-electron chi connectivity index (χ3n) is 3.28. The number of aromatic nitrogens is 4. The van der Waals surface area contributed by atoms with Gasteiger partial charge in [-0.1, -0.05) is 12.1 Å². The molecule has 0 atom stereocenters. The van der Waals surface area contributed by atoms with E-state index in [-0.39, 0.29) is 4.90 Å². The van der Waals surface area contributed by atoms with Crippen molar-refractivity contribution in [3.63, 3.8) is 0 Å². The van der Waals surface area contributed by atoms with Gasteiger partial charge in [0.25, 0.3) is 10.0 Å². The molecule has 0 unspecified atom stereocenters. The number of aryl methyl sites for hydroxylation is 2. The Kier molecular flexibility index (Phi) is 3.45. The zero-order valence-electron chi connectivity index (χ0n) is 12.1. The molecule has 7 nitrogen and oxygen atoms in total. The van der Waals surface area contributed by atoms with Crippen molar-refractivity contribution in [2.45, 2.75) is 18.7 Å². The largest absolute Gasteiger partial charge is 0.345 e. The summed E-state index contributed by atoms with van der Waals surface area (Å²) >= 11 is 0. The summed E-state index contributed by atoms with van der Waals surface area (Å²) in [5, 5.41) is 6.59. The second-order valence-corrected chi connectivity index (χ2v) is 6.53. The fourth-order valence-corrected chi connectivity index (χ4v) is 3.71. The molecule has 114 valence electrons. The number of nitrogens with one attached hydrogen (secondary N) is 3. The van der Waals surface area contributed by atoms with E-state index in [1.54, 1.807) is 38.5 Å². The van der Waals surface area contributed by atoms with Gasteiger partial charge in [0.15, 0.2) is 0 Å². The number of H-pyrrole nitrogens is 2. The van der Waals surface area contributed by atoms with Crippen molar-refractivity contribution in [1.29, 1.82) is 0 Å². The molecule has 0 saturated heterocycles. The monoisotopic (exact) mass is 317 g/mol. The van der Waals surface area contributed by atoms with Crippen molar-refractivity contribution in [2.24, 2.45) is 0 Å². The van der Waals surface area contributed by atoms with Gasteiger partial charge in [-0.15, -0.1) is 0 Å². The van der Waals surface area contributed by atoms with Gasteiger partial charge in [-0.25, -0.2) is 13.4 Å². The topological polar surface area (TPSA) is 104 Å². The van der Waals surface area contributed by atoms with Crippen LogP contribution in [0.4, 0.5) is 5.69 Å². The molecule has 0 aliphatic heterocycles. The average molecular weight is 317 g/mol. The van der Waals surface area contributed by atoms with Crippen LogP contribution in [0.2, 0.25) is 0 Å². The van der Waals surface area contributed by atoms with E-state index in [0.717, 1.165) is 11.3 Å². The zero-order chi connectivity index (χ0) is 15.7. The van der Waals surface area contributed by atoms with Gasteiger partial charge in [-0.3, -0.25) is 9.82 Å². The Morgan fingerprint density at radius 1 is 1.14 bits per heavy atom. The van der Waals surface area contributed by atoms with Crippen LogP contribution in [-0.2, 0) is 10.0 Å².